The van der Waals surface area contributed by atoms with Crippen LogP contribution in [0.2, 0.25) is 0 Å². The van der Waals surface area contributed by atoms with Crippen LogP contribution in [0.25, 0.3) is 0 Å². The molecule has 1 heterocycles. The summed E-state index contributed by atoms with van der Waals surface area (Å²) in [5.41, 5.74) is 0.518. The van der Waals surface area contributed by atoms with Crippen molar-refractivity contribution in [1.29, 1.82) is 0 Å². The molecule has 65 heavy (non-hydrogen) atoms. The van der Waals surface area contributed by atoms with Gasteiger partial charge in [0.15, 0.2) is 5.60 Å². The molecule has 0 spiro atoms. The predicted octanol–water partition coefficient (Wildman–Crippen LogP) is 11.9. The van der Waals surface area contributed by atoms with Crippen molar-refractivity contribution in [3.05, 3.63) is 129 Å². The maximum atomic E-state index is 12.1. The van der Waals surface area contributed by atoms with Gasteiger partial charge in [-0.3, -0.25) is 0 Å². The molecule has 0 amide bonds. The third-order valence-corrected chi connectivity index (χ3v) is 14.0. The van der Waals surface area contributed by atoms with E-state index in [-0.39, 0.29) is 21.7 Å². The van der Waals surface area contributed by atoms with E-state index in [0.29, 0.717) is 23.6 Å². The third kappa shape index (κ3) is 10.5. The van der Waals surface area contributed by atoms with Crippen LogP contribution in [0.3, 0.4) is 0 Å². The van der Waals surface area contributed by atoms with E-state index in [1.165, 1.54) is 35.1 Å². The quantitative estimate of drug-likeness (QED) is 0.189. The molecule has 1 saturated carbocycles. The number of benzene rings is 4. The SMILES string of the molecule is CC(C)(C)c1cc(C=[N+]2[Co][N+](=Cc3cc(C(C)(C)C)cc(C(C)(C)c4ccccc4)c3O)[C@@H]3CCCC[C@H]32)c(O)c(C(C)(C)c2ccccc2)c1.[O-]C(C(F)(F)F)(C(F)(F)F)C(F)(F)F. The van der Waals surface area contributed by atoms with Crippen molar-refractivity contribution < 1.29 is 77.2 Å². The standard InChI is InChI=1S/C46H58N2O2.C4F9O.Co/c1-43(2,3)35-25-31(41(49)37(27-35)45(7,8)33-19-13-11-14-20-33)29-47-39-23-17-18-24-40(39)48-30-32-26-36(44(4,5)6)28-38(42(32)50)46(9,10)34-21-15-12-16-22-34;5-2(6,7)1(14,3(8,9)10)4(11,12)13;/h11-16,19-22,25-30,39-40,49-50H,17-18,23-24H2,1-10H3;;/q;-1;+2/t39-,40-;;/m1../s1. The fourth-order valence-electron chi connectivity index (χ4n) is 8.14. The summed E-state index contributed by atoms with van der Waals surface area (Å²) in [5.74, 6) is 0.703. The Morgan fingerprint density at radius 1 is 0.508 bits per heavy atom. The zero-order valence-electron chi connectivity index (χ0n) is 38.2. The van der Waals surface area contributed by atoms with Crippen molar-refractivity contribution in [2.75, 3.05) is 0 Å². The summed E-state index contributed by atoms with van der Waals surface area (Å²) in [7, 11) is 0. The molecular formula is C50H58CoF9N2O3+. The Kier molecular flexibility index (Phi) is 14.3. The summed E-state index contributed by atoms with van der Waals surface area (Å²) in [6.07, 6.45) is -12.0. The van der Waals surface area contributed by atoms with Gasteiger partial charge in [0, 0.05) is 0 Å². The largest absolute Gasteiger partial charge is 0.830 e. The monoisotopic (exact) mass is 964 g/mol. The van der Waals surface area contributed by atoms with E-state index < -0.39 is 24.1 Å². The molecule has 4 aromatic carbocycles. The van der Waals surface area contributed by atoms with Crippen LogP contribution < -0.4 is 5.11 Å². The first kappa shape index (κ1) is 51.6. The Bertz CT molecular complexity index is 2210. The summed E-state index contributed by atoms with van der Waals surface area (Å²) >= 11 is 1.07. The van der Waals surface area contributed by atoms with Gasteiger partial charge in [0.1, 0.15) is 0 Å². The molecule has 1 saturated heterocycles. The minimum Gasteiger partial charge on any atom is -0.830 e. The van der Waals surface area contributed by atoms with Gasteiger partial charge >= 0.3 is 333 Å². The molecular weight excluding hydrogens is 906 g/mol. The second kappa shape index (κ2) is 18.0. The van der Waals surface area contributed by atoms with Gasteiger partial charge < -0.3 is 5.11 Å². The smallest absolute Gasteiger partial charge is 0.397 e. The molecule has 15 heteroatoms. The molecule has 1 aliphatic carbocycles. The second-order valence-corrected chi connectivity index (χ2v) is 21.2. The number of rotatable bonds is 6. The molecule has 2 aliphatic rings. The Morgan fingerprint density at radius 3 is 1.08 bits per heavy atom. The van der Waals surface area contributed by atoms with Gasteiger partial charge in [-0.15, -0.1) is 0 Å². The van der Waals surface area contributed by atoms with Crippen LogP contribution in [0.1, 0.15) is 139 Å². The van der Waals surface area contributed by atoms with E-state index >= 15 is 0 Å². The number of phenolic OH excluding ortho intramolecular Hbond substituents is 2. The summed E-state index contributed by atoms with van der Waals surface area (Å²) in [6.45, 7) is 22.3. The molecule has 2 N–H and O–H groups in total. The average Bonchev–Trinajstić information content (AvgIpc) is 3.54. The molecule has 0 radical (unpaired) electrons. The van der Waals surface area contributed by atoms with E-state index in [9.17, 15) is 54.8 Å². The minimum absolute atomic E-state index is 0.0890. The molecule has 6 rings (SSSR count). The maximum Gasteiger partial charge on any atom is 0.397 e. The Morgan fingerprint density at radius 2 is 0.815 bits per heavy atom. The van der Waals surface area contributed by atoms with Gasteiger partial charge in [0.05, 0.1) is 0 Å². The average molecular weight is 965 g/mol. The van der Waals surface area contributed by atoms with Crippen molar-refractivity contribution in [3.63, 3.8) is 0 Å². The van der Waals surface area contributed by atoms with Crippen LogP contribution in [-0.4, -0.2) is 66.1 Å². The fourth-order valence-corrected chi connectivity index (χ4v) is 9.77. The zero-order valence-corrected chi connectivity index (χ0v) is 39.2. The summed E-state index contributed by atoms with van der Waals surface area (Å²) < 4.78 is 107. The molecule has 0 aromatic heterocycles. The molecule has 2 fully saturated rings. The Labute approximate surface area is 382 Å². The molecule has 0 unspecified atom stereocenters. The normalized spacial score (nSPS) is 19.4. The molecule has 2 atom stereocenters. The molecule has 5 nitrogen and oxygen atoms in total. The van der Waals surface area contributed by atoms with Gasteiger partial charge in [0.2, 0.25) is 0 Å². The van der Waals surface area contributed by atoms with Gasteiger partial charge in [-0.25, -0.2) is 0 Å². The first-order chi connectivity index (χ1) is 29.6. The number of hydrogen-bond donors (Lipinski definition) is 2. The second-order valence-electron chi connectivity index (χ2n) is 20.0. The number of nitrogens with zero attached hydrogens (tertiary/aromatic N) is 2. The van der Waals surface area contributed by atoms with Crippen LogP contribution in [0.4, 0.5) is 39.5 Å². The van der Waals surface area contributed by atoms with Gasteiger partial charge in [-0.2, -0.15) is 39.5 Å². The molecule has 4 aromatic rings. The summed E-state index contributed by atoms with van der Waals surface area (Å²) in [6, 6.07) is 30.4. The van der Waals surface area contributed by atoms with Crippen molar-refractivity contribution in [3.8, 4) is 11.5 Å². The van der Waals surface area contributed by atoms with Crippen molar-refractivity contribution in [1.82, 2.24) is 0 Å². The predicted molar refractivity (Wildman–Crippen MR) is 229 cm³/mol. The molecule has 357 valence electrons. The van der Waals surface area contributed by atoms with Crippen LogP contribution in [0, 0.1) is 0 Å². The van der Waals surface area contributed by atoms with Gasteiger partial charge in [0.25, 0.3) is 0 Å². The first-order valence-corrected chi connectivity index (χ1v) is 22.2. The number of hydrogen-bond acceptors (Lipinski definition) is 3. The summed E-state index contributed by atoms with van der Waals surface area (Å²) in [5, 5.41) is 33.9. The molecule has 1 aliphatic heterocycles. The third-order valence-electron chi connectivity index (χ3n) is 12.5. The Hall–Kier alpha value is -4.34. The van der Waals surface area contributed by atoms with Crippen molar-refractivity contribution in [2.45, 2.75) is 153 Å². The van der Waals surface area contributed by atoms with Crippen molar-refractivity contribution >= 4 is 12.4 Å². The fraction of sp³-hybridized carbons (Fsp3) is 0.480. The first-order valence-electron chi connectivity index (χ1n) is 21.3. The minimum atomic E-state index is -6.98. The van der Waals surface area contributed by atoms with Crippen molar-refractivity contribution in [2.24, 2.45) is 0 Å². The zero-order chi connectivity index (χ0) is 48.9. The van der Waals surface area contributed by atoms with E-state index in [1.807, 2.05) is 12.1 Å². The van der Waals surface area contributed by atoms with E-state index in [1.54, 1.807) is 0 Å². The van der Waals surface area contributed by atoms with E-state index in [2.05, 4.69) is 162 Å². The van der Waals surface area contributed by atoms with Crippen LogP contribution in [0.5, 0.6) is 11.5 Å². The number of alkyl halides is 9. The van der Waals surface area contributed by atoms with E-state index in [4.69, 9.17) is 0 Å². The number of phenols is 2. The van der Waals surface area contributed by atoms with Crippen LogP contribution in [0.15, 0.2) is 84.9 Å². The maximum absolute atomic E-state index is 12.1. The van der Waals surface area contributed by atoms with E-state index in [0.717, 1.165) is 50.2 Å². The number of fused-ring (bicyclic) bond motifs is 1. The Balaban J connectivity index is 0.000000489. The van der Waals surface area contributed by atoms with Gasteiger partial charge in [-0.1, -0.05) is 0 Å². The molecule has 0 bridgehead atoms. The van der Waals surface area contributed by atoms with Gasteiger partial charge in [-0.05, 0) is 0 Å². The van der Waals surface area contributed by atoms with Crippen LogP contribution >= 0.6 is 0 Å². The number of aromatic hydroxyl groups is 2. The number of halogens is 9. The topological polar surface area (TPSA) is 69.5 Å². The summed E-state index contributed by atoms with van der Waals surface area (Å²) in [4.78, 5) is 0. The van der Waals surface area contributed by atoms with Crippen LogP contribution in [-0.2, 0) is 36.8 Å².